The molecule has 1 aliphatic rings. The van der Waals surface area contributed by atoms with Crippen LogP contribution in [0.5, 0.6) is 5.75 Å². The summed E-state index contributed by atoms with van der Waals surface area (Å²) in [6.07, 6.45) is 0. The lowest BCUT2D eigenvalue weighted by molar-refractivity contribution is -0.118. The van der Waals surface area contributed by atoms with Gasteiger partial charge in [0.25, 0.3) is 5.91 Å². The predicted octanol–water partition coefficient (Wildman–Crippen LogP) is 3.95. The van der Waals surface area contributed by atoms with E-state index in [0.29, 0.717) is 11.4 Å². The van der Waals surface area contributed by atoms with Gasteiger partial charge >= 0.3 is 0 Å². The van der Waals surface area contributed by atoms with Crippen LogP contribution in [-0.4, -0.2) is 12.5 Å². The van der Waals surface area contributed by atoms with Crippen LogP contribution < -0.4 is 10.1 Å². The zero-order valence-electron chi connectivity index (χ0n) is 10.4. The lowest BCUT2D eigenvalue weighted by atomic mass is 10.0. The number of amides is 1. The van der Waals surface area contributed by atoms with Gasteiger partial charge in [0.1, 0.15) is 5.75 Å². The van der Waals surface area contributed by atoms with Crippen molar-refractivity contribution >= 4 is 45.8 Å². The number of anilines is 1. The van der Waals surface area contributed by atoms with Crippen molar-refractivity contribution in [2.24, 2.45) is 0 Å². The number of hydrogen-bond acceptors (Lipinski definition) is 2. The molecule has 3 rings (SSSR count). The van der Waals surface area contributed by atoms with Crippen LogP contribution in [0, 0.1) is 3.57 Å². The van der Waals surface area contributed by atoms with Gasteiger partial charge in [0.15, 0.2) is 6.61 Å². The van der Waals surface area contributed by atoms with Crippen molar-refractivity contribution in [3.63, 3.8) is 0 Å². The predicted molar refractivity (Wildman–Crippen MR) is 87.4 cm³/mol. The Morgan fingerprint density at radius 1 is 1.25 bits per heavy atom. The van der Waals surface area contributed by atoms with E-state index in [0.717, 1.165) is 14.7 Å². The SMILES string of the molecule is O=C1COc2ccc(C(Cl)c3ccccc3I)cc2N1. The molecule has 20 heavy (non-hydrogen) atoms. The number of rotatable bonds is 2. The molecule has 0 fully saturated rings. The third kappa shape index (κ3) is 2.62. The highest BCUT2D eigenvalue weighted by Gasteiger charge is 2.19. The topological polar surface area (TPSA) is 38.3 Å². The molecule has 2 aromatic rings. The standard InChI is InChI=1S/C15H11ClINO2/c16-15(10-3-1-2-4-11(10)17)9-5-6-13-12(7-9)18-14(19)8-20-13/h1-7,15H,8H2,(H,18,19). The Morgan fingerprint density at radius 3 is 2.85 bits per heavy atom. The van der Waals surface area contributed by atoms with Crippen LogP contribution in [0.1, 0.15) is 16.5 Å². The average molecular weight is 400 g/mol. The fourth-order valence-electron chi connectivity index (χ4n) is 2.12. The van der Waals surface area contributed by atoms with Gasteiger partial charge in [0, 0.05) is 3.57 Å². The molecule has 0 aromatic heterocycles. The van der Waals surface area contributed by atoms with Crippen molar-refractivity contribution in [3.8, 4) is 5.75 Å². The number of nitrogens with one attached hydrogen (secondary N) is 1. The van der Waals surface area contributed by atoms with Gasteiger partial charge in [-0.15, -0.1) is 11.6 Å². The molecule has 1 heterocycles. The molecule has 1 N–H and O–H groups in total. The highest BCUT2D eigenvalue weighted by molar-refractivity contribution is 14.1. The minimum Gasteiger partial charge on any atom is -0.482 e. The Kier molecular flexibility index (Phi) is 3.85. The molecule has 0 spiro atoms. The van der Waals surface area contributed by atoms with E-state index < -0.39 is 0 Å². The van der Waals surface area contributed by atoms with Gasteiger partial charge in [-0.2, -0.15) is 0 Å². The molecule has 1 unspecified atom stereocenters. The largest absolute Gasteiger partial charge is 0.482 e. The Labute approximate surface area is 135 Å². The lowest BCUT2D eigenvalue weighted by Gasteiger charge is -2.20. The lowest BCUT2D eigenvalue weighted by Crippen LogP contribution is -2.25. The Balaban J connectivity index is 1.97. The molecule has 5 heteroatoms. The van der Waals surface area contributed by atoms with Crippen molar-refractivity contribution in [1.82, 2.24) is 0 Å². The number of fused-ring (bicyclic) bond motifs is 1. The maximum absolute atomic E-state index is 11.4. The zero-order chi connectivity index (χ0) is 14.1. The van der Waals surface area contributed by atoms with Crippen LogP contribution in [0.15, 0.2) is 42.5 Å². The fraction of sp³-hybridized carbons (Fsp3) is 0.133. The molecule has 0 saturated heterocycles. The molecular formula is C15H11ClINO2. The summed E-state index contributed by atoms with van der Waals surface area (Å²) < 4.78 is 6.46. The van der Waals surface area contributed by atoms with E-state index >= 15 is 0 Å². The van der Waals surface area contributed by atoms with Gasteiger partial charge in [-0.25, -0.2) is 0 Å². The van der Waals surface area contributed by atoms with E-state index in [-0.39, 0.29) is 17.9 Å². The molecule has 102 valence electrons. The van der Waals surface area contributed by atoms with Crippen LogP contribution in [-0.2, 0) is 4.79 Å². The number of ether oxygens (including phenoxy) is 1. The first-order chi connectivity index (χ1) is 9.65. The molecule has 1 atom stereocenters. The first-order valence-corrected chi connectivity index (χ1v) is 7.62. The second-order valence-electron chi connectivity index (χ2n) is 4.48. The van der Waals surface area contributed by atoms with Gasteiger partial charge in [0.2, 0.25) is 0 Å². The average Bonchev–Trinajstić information content (AvgIpc) is 2.46. The van der Waals surface area contributed by atoms with Crippen LogP contribution in [0.2, 0.25) is 0 Å². The highest BCUT2D eigenvalue weighted by atomic mass is 127. The van der Waals surface area contributed by atoms with Crippen LogP contribution in [0.4, 0.5) is 5.69 Å². The van der Waals surface area contributed by atoms with E-state index in [1.807, 2.05) is 42.5 Å². The summed E-state index contributed by atoms with van der Waals surface area (Å²) in [6, 6.07) is 13.6. The minimum atomic E-state index is -0.257. The highest BCUT2D eigenvalue weighted by Crippen LogP contribution is 2.36. The minimum absolute atomic E-state index is 0.0627. The van der Waals surface area contributed by atoms with Crippen LogP contribution in [0.25, 0.3) is 0 Å². The Hall–Kier alpha value is -1.27. The summed E-state index contributed by atoms with van der Waals surface area (Å²) in [5.74, 6) is 0.537. The number of alkyl halides is 1. The molecule has 2 aromatic carbocycles. The number of hydrogen-bond donors (Lipinski definition) is 1. The smallest absolute Gasteiger partial charge is 0.262 e. The molecule has 3 nitrogen and oxygen atoms in total. The first-order valence-electron chi connectivity index (χ1n) is 6.10. The summed E-state index contributed by atoms with van der Waals surface area (Å²) in [4.78, 5) is 11.4. The van der Waals surface area contributed by atoms with Crippen molar-refractivity contribution in [1.29, 1.82) is 0 Å². The molecule has 0 aliphatic carbocycles. The number of halogens is 2. The van der Waals surface area contributed by atoms with Crippen molar-refractivity contribution in [2.45, 2.75) is 5.38 Å². The van der Waals surface area contributed by atoms with Crippen molar-refractivity contribution in [2.75, 3.05) is 11.9 Å². The zero-order valence-corrected chi connectivity index (χ0v) is 13.3. The quantitative estimate of drug-likeness (QED) is 0.613. The second-order valence-corrected chi connectivity index (χ2v) is 6.08. The van der Waals surface area contributed by atoms with Gasteiger partial charge in [0.05, 0.1) is 11.1 Å². The van der Waals surface area contributed by atoms with E-state index in [1.165, 1.54) is 0 Å². The third-order valence-corrected chi connectivity index (χ3v) is 4.58. The van der Waals surface area contributed by atoms with E-state index in [9.17, 15) is 4.79 Å². The monoisotopic (exact) mass is 399 g/mol. The van der Waals surface area contributed by atoms with Gasteiger partial charge in [-0.3, -0.25) is 4.79 Å². The summed E-state index contributed by atoms with van der Waals surface area (Å²) in [5.41, 5.74) is 2.66. The van der Waals surface area contributed by atoms with E-state index in [1.54, 1.807) is 0 Å². The number of carbonyl (C=O) groups excluding carboxylic acids is 1. The van der Waals surface area contributed by atoms with E-state index in [2.05, 4.69) is 27.9 Å². The number of carbonyl (C=O) groups is 1. The normalized spacial score (nSPS) is 15.0. The number of benzene rings is 2. The maximum Gasteiger partial charge on any atom is 0.262 e. The summed E-state index contributed by atoms with van der Waals surface area (Å²) in [6.45, 7) is 0.0627. The molecule has 0 bridgehead atoms. The Morgan fingerprint density at radius 2 is 2.05 bits per heavy atom. The second kappa shape index (κ2) is 5.61. The summed E-state index contributed by atoms with van der Waals surface area (Å²) in [7, 11) is 0. The van der Waals surface area contributed by atoms with Crippen molar-refractivity contribution in [3.05, 3.63) is 57.2 Å². The molecular weight excluding hydrogens is 389 g/mol. The van der Waals surface area contributed by atoms with Crippen molar-refractivity contribution < 1.29 is 9.53 Å². The summed E-state index contributed by atoms with van der Waals surface area (Å²) >= 11 is 8.83. The van der Waals surface area contributed by atoms with Crippen LogP contribution >= 0.6 is 34.2 Å². The third-order valence-electron chi connectivity index (χ3n) is 3.11. The van der Waals surface area contributed by atoms with Gasteiger partial charge < -0.3 is 10.1 Å². The molecule has 1 amide bonds. The molecule has 0 saturated carbocycles. The van der Waals surface area contributed by atoms with Gasteiger partial charge in [-0.05, 0) is 51.9 Å². The molecule has 1 aliphatic heterocycles. The summed E-state index contributed by atoms with van der Waals surface area (Å²) in [5, 5.41) is 2.54. The van der Waals surface area contributed by atoms with Crippen LogP contribution in [0.3, 0.4) is 0 Å². The Bertz CT molecular complexity index is 675. The van der Waals surface area contributed by atoms with Gasteiger partial charge in [-0.1, -0.05) is 24.3 Å². The molecule has 0 radical (unpaired) electrons. The maximum atomic E-state index is 11.4. The van der Waals surface area contributed by atoms with E-state index in [4.69, 9.17) is 16.3 Å². The first kappa shape index (κ1) is 13.7. The fourth-order valence-corrected chi connectivity index (χ4v) is 3.33.